The minimum atomic E-state index is -0.514. The van der Waals surface area contributed by atoms with E-state index in [0.717, 1.165) is 6.42 Å². The summed E-state index contributed by atoms with van der Waals surface area (Å²) in [5, 5.41) is 0. The van der Waals surface area contributed by atoms with Crippen LogP contribution in [0.4, 0.5) is 0 Å². The van der Waals surface area contributed by atoms with Crippen LogP contribution in [0.1, 0.15) is 34.1 Å². The second kappa shape index (κ2) is 6.64. The number of esters is 2. The maximum Gasteiger partial charge on any atom is 0.341 e. The molecule has 0 aliphatic heterocycles. The van der Waals surface area contributed by atoms with Gasteiger partial charge in [0.25, 0.3) is 0 Å². The van der Waals surface area contributed by atoms with Crippen molar-refractivity contribution >= 4 is 11.9 Å². The molecule has 0 atom stereocenters. The quantitative estimate of drug-likeness (QED) is 0.750. The number of methoxy groups -OCH3 is 2. The summed E-state index contributed by atoms with van der Waals surface area (Å²) in [4.78, 5) is 23.1. The molecule has 0 aromatic heterocycles. The van der Waals surface area contributed by atoms with E-state index in [1.807, 2.05) is 6.92 Å². The van der Waals surface area contributed by atoms with E-state index in [1.54, 1.807) is 0 Å². The number of hydrogen-bond donors (Lipinski definition) is 0. The number of carbonyl (C=O) groups is 2. The van der Waals surface area contributed by atoms with Crippen LogP contribution in [0.5, 0.6) is 5.75 Å². The zero-order valence-electron chi connectivity index (χ0n) is 10.7. The van der Waals surface area contributed by atoms with Gasteiger partial charge in [-0.1, -0.05) is 6.92 Å². The first-order valence-electron chi connectivity index (χ1n) is 5.57. The van der Waals surface area contributed by atoms with Gasteiger partial charge < -0.3 is 14.2 Å². The Morgan fingerprint density at radius 3 is 2.44 bits per heavy atom. The van der Waals surface area contributed by atoms with Crippen molar-refractivity contribution in [3.05, 3.63) is 29.3 Å². The van der Waals surface area contributed by atoms with Crippen LogP contribution >= 0.6 is 0 Å². The zero-order chi connectivity index (χ0) is 13.5. The van der Waals surface area contributed by atoms with Crippen LogP contribution in [-0.4, -0.2) is 32.8 Å². The molecule has 0 aliphatic rings. The van der Waals surface area contributed by atoms with E-state index in [0.29, 0.717) is 12.2 Å². The molecule has 0 fully saturated rings. The Morgan fingerprint density at radius 2 is 1.89 bits per heavy atom. The van der Waals surface area contributed by atoms with Gasteiger partial charge in [-0.2, -0.15) is 0 Å². The first-order chi connectivity index (χ1) is 8.63. The summed E-state index contributed by atoms with van der Waals surface area (Å²) in [6.45, 7) is 2.27. The summed E-state index contributed by atoms with van der Waals surface area (Å²) in [5.74, 6) is -0.667. The molecule has 0 heterocycles. The van der Waals surface area contributed by atoms with Gasteiger partial charge in [-0.05, 0) is 24.6 Å². The lowest BCUT2D eigenvalue weighted by Gasteiger charge is -2.09. The van der Waals surface area contributed by atoms with Crippen molar-refractivity contribution in [2.45, 2.75) is 13.3 Å². The van der Waals surface area contributed by atoms with E-state index in [-0.39, 0.29) is 11.3 Å². The van der Waals surface area contributed by atoms with Gasteiger partial charge in [0.2, 0.25) is 0 Å². The zero-order valence-corrected chi connectivity index (χ0v) is 10.7. The summed E-state index contributed by atoms with van der Waals surface area (Å²) < 4.78 is 14.7. The largest absolute Gasteiger partial charge is 0.496 e. The second-order valence-electron chi connectivity index (χ2n) is 3.54. The van der Waals surface area contributed by atoms with Crippen molar-refractivity contribution in [1.29, 1.82) is 0 Å². The predicted octanol–water partition coefficient (Wildman–Crippen LogP) is 2.05. The molecule has 0 N–H and O–H groups in total. The fourth-order valence-electron chi connectivity index (χ4n) is 1.37. The lowest BCUT2D eigenvalue weighted by Crippen LogP contribution is -2.09. The van der Waals surface area contributed by atoms with Crippen LogP contribution in [0.2, 0.25) is 0 Å². The molecule has 0 amide bonds. The number of rotatable bonds is 5. The van der Waals surface area contributed by atoms with Crippen molar-refractivity contribution in [3.63, 3.8) is 0 Å². The normalized spacial score (nSPS) is 9.72. The molecule has 0 radical (unpaired) electrons. The molecular formula is C13H16O5. The van der Waals surface area contributed by atoms with Crippen LogP contribution in [-0.2, 0) is 9.47 Å². The van der Waals surface area contributed by atoms with E-state index < -0.39 is 11.9 Å². The van der Waals surface area contributed by atoms with Gasteiger partial charge in [0.15, 0.2) is 0 Å². The van der Waals surface area contributed by atoms with E-state index in [4.69, 9.17) is 9.47 Å². The van der Waals surface area contributed by atoms with E-state index in [1.165, 1.54) is 32.4 Å². The molecule has 1 aromatic rings. The van der Waals surface area contributed by atoms with Crippen molar-refractivity contribution in [2.24, 2.45) is 0 Å². The minimum Gasteiger partial charge on any atom is -0.496 e. The van der Waals surface area contributed by atoms with Gasteiger partial charge in [-0.25, -0.2) is 9.59 Å². The molecule has 0 spiro atoms. The molecule has 1 rings (SSSR count). The number of hydrogen-bond acceptors (Lipinski definition) is 5. The third-order valence-electron chi connectivity index (χ3n) is 2.28. The second-order valence-corrected chi connectivity index (χ2v) is 3.54. The summed E-state index contributed by atoms with van der Waals surface area (Å²) in [7, 11) is 2.70. The first-order valence-corrected chi connectivity index (χ1v) is 5.57. The average Bonchev–Trinajstić information content (AvgIpc) is 2.43. The van der Waals surface area contributed by atoms with Crippen molar-refractivity contribution in [2.75, 3.05) is 20.8 Å². The van der Waals surface area contributed by atoms with Crippen LogP contribution in [0, 0.1) is 0 Å². The van der Waals surface area contributed by atoms with Crippen LogP contribution < -0.4 is 4.74 Å². The summed E-state index contributed by atoms with van der Waals surface area (Å²) in [5.41, 5.74) is 0.611. The molecule has 5 nitrogen and oxygen atoms in total. The Hall–Kier alpha value is -2.04. The van der Waals surface area contributed by atoms with E-state index in [2.05, 4.69) is 4.74 Å². The average molecular weight is 252 g/mol. The van der Waals surface area contributed by atoms with Crippen molar-refractivity contribution in [1.82, 2.24) is 0 Å². The summed E-state index contributed by atoms with van der Waals surface area (Å²) >= 11 is 0. The molecule has 0 saturated heterocycles. The first kappa shape index (κ1) is 14.0. The Labute approximate surface area is 106 Å². The highest BCUT2D eigenvalue weighted by atomic mass is 16.5. The van der Waals surface area contributed by atoms with Crippen LogP contribution in [0.25, 0.3) is 0 Å². The van der Waals surface area contributed by atoms with Crippen LogP contribution in [0.3, 0.4) is 0 Å². The highest BCUT2D eigenvalue weighted by Gasteiger charge is 2.16. The highest BCUT2D eigenvalue weighted by Crippen LogP contribution is 2.21. The molecule has 98 valence electrons. The molecule has 0 aliphatic carbocycles. The van der Waals surface area contributed by atoms with Gasteiger partial charge in [0, 0.05) is 0 Å². The van der Waals surface area contributed by atoms with Gasteiger partial charge in [-0.3, -0.25) is 0 Å². The number of carbonyl (C=O) groups excluding carboxylic acids is 2. The third-order valence-corrected chi connectivity index (χ3v) is 2.28. The molecule has 18 heavy (non-hydrogen) atoms. The molecule has 5 heteroatoms. The van der Waals surface area contributed by atoms with Gasteiger partial charge >= 0.3 is 11.9 Å². The van der Waals surface area contributed by atoms with E-state index in [9.17, 15) is 9.59 Å². The summed E-state index contributed by atoms with van der Waals surface area (Å²) in [6.07, 6.45) is 0.753. The van der Waals surface area contributed by atoms with Crippen LogP contribution in [0.15, 0.2) is 18.2 Å². The SMILES string of the molecule is CCCOC(=O)c1ccc(C(=O)OC)c(OC)c1. The smallest absolute Gasteiger partial charge is 0.341 e. The fraction of sp³-hybridized carbons (Fsp3) is 0.385. The third kappa shape index (κ3) is 3.23. The fourth-order valence-corrected chi connectivity index (χ4v) is 1.37. The van der Waals surface area contributed by atoms with E-state index >= 15 is 0 Å². The summed E-state index contributed by atoms with van der Waals surface area (Å²) in [6, 6.07) is 4.45. The molecule has 1 aromatic carbocycles. The maximum atomic E-state index is 11.6. The monoisotopic (exact) mass is 252 g/mol. The maximum absolute atomic E-state index is 11.6. The molecule has 0 saturated carbocycles. The van der Waals surface area contributed by atoms with Crippen molar-refractivity contribution < 1.29 is 23.8 Å². The lowest BCUT2D eigenvalue weighted by atomic mass is 10.1. The Morgan fingerprint density at radius 1 is 1.17 bits per heavy atom. The minimum absolute atomic E-state index is 0.270. The Kier molecular flexibility index (Phi) is 5.17. The lowest BCUT2D eigenvalue weighted by molar-refractivity contribution is 0.0502. The van der Waals surface area contributed by atoms with Gasteiger partial charge in [0.05, 0.1) is 26.4 Å². The standard InChI is InChI=1S/C13H16O5/c1-4-7-18-12(14)9-5-6-10(13(15)17-3)11(8-9)16-2/h5-6,8H,4,7H2,1-3H3. The predicted molar refractivity (Wildman–Crippen MR) is 64.9 cm³/mol. The molecular weight excluding hydrogens is 236 g/mol. The number of ether oxygens (including phenoxy) is 3. The number of benzene rings is 1. The Balaban J connectivity index is 2.98. The topological polar surface area (TPSA) is 61.8 Å². The van der Waals surface area contributed by atoms with Gasteiger partial charge in [0.1, 0.15) is 11.3 Å². The Bertz CT molecular complexity index is 439. The molecule has 0 bridgehead atoms. The highest BCUT2D eigenvalue weighted by molar-refractivity contribution is 5.96. The van der Waals surface area contributed by atoms with Crippen molar-refractivity contribution in [3.8, 4) is 5.75 Å². The molecule has 0 unspecified atom stereocenters. The van der Waals surface area contributed by atoms with Gasteiger partial charge in [-0.15, -0.1) is 0 Å².